The predicted molar refractivity (Wildman–Crippen MR) is 104 cm³/mol. The van der Waals surface area contributed by atoms with E-state index in [1.807, 2.05) is 19.9 Å². The van der Waals surface area contributed by atoms with Crippen LogP contribution in [0.4, 0.5) is 8.78 Å². The number of pyridine rings is 1. The number of hydrogen-bond donors (Lipinski definition) is 1. The number of benzene rings is 1. The number of amides is 2. The Morgan fingerprint density at radius 3 is 2.76 bits per heavy atom. The van der Waals surface area contributed by atoms with E-state index in [0.29, 0.717) is 13.0 Å². The molecule has 1 aromatic carbocycles. The summed E-state index contributed by atoms with van der Waals surface area (Å²) in [6.07, 6.45) is 4.01. The van der Waals surface area contributed by atoms with Crippen LogP contribution in [0.25, 0.3) is 0 Å². The fourth-order valence-electron chi connectivity index (χ4n) is 3.78. The van der Waals surface area contributed by atoms with Gasteiger partial charge in [0.25, 0.3) is 0 Å². The molecule has 2 amide bonds. The molecule has 5 nitrogen and oxygen atoms in total. The van der Waals surface area contributed by atoms with Gasteiger partial charge in [-0.15, -0.1) is 0 Å². The van der Waals surface area contributed by atoms with Crippen LogP contribution in [-0.4, -0.2) is 28.2 Å². The SMILES string of the molecule is CC(C)CN1C(=O)CC[C@@H](C(=O)NCc2ccc(F)cc2F)[C@@H]1c1cccnc1. The van der Waals surface area contributed by atoms with Crippen molar-refractivity contribution >= 4 is 11.8 Å². The van der Waals surface area contributed by atoms with Crippen LogP contribution in [0, 0.1) is 23.5 Å². The minimum atomic E-state index is -0.700. The molecule has 29 heavy (non-hydrogen) atoms. The van der Waals surface area contributed by atoms with Crippen LogP contribution in [0.1, 0.15) is 43.9 Å². The summed E-state index contributed by atoms with van der Waals surface area (Å²) in [7, 11) is 0. The third-order valence-electron chi connectivity index (χ3n) is 5.10. The second-order valence-corrected chi connectivity index (χ2v) is 7.77. The highest BCUT2D eigenvalue weighted by Crippen LogP contribution is 2.37. The summed E-state index contributed by atoms with van der Waals surface area (Å²) in [5.41, 5.74) is 1.01. The van der Waals surface area contributed by atoms with Crippen LogP contribution in [0.3, 0.4) is 0 Å². The van der Waals surface area contributed by atoms with Crippen molar-refractivity contribution in [2.75, 3.05) is 6.54 Å². The van der Waals surface area contributed by atoms with Crippen molar-refractivity contribution in [1.82, 2.24) is 15.2 Å². The van der Waals surface area contributed by atoms with Crippen LogP contribution in [0.5, 0.6) is 0 Å². The van der Waals surface area contributed by atoms with E-state index < -0.39 is 23.6 Å². The Bertz CT molecular complexity index is 874. The summed E-state index contributed by atoms with van der Waals surface area (Å²) in [5.74, 6) is -1.84. The van der Waals surface area contributed by atoms with E-state index in [2.05, 4.69) is 10.3 Å². The van der Waals surface area contributed by atoms with E-state index in [9.17, 15) is 18.4 Å². The standard InChI is InChI=1S/C22H25F2N3O2/c1-14(2)13-27-20(28)8-7-18(21(27)16-4-3-9-25-11-16)22(29)26-12-15-5-6-17(23)10-19(15)24/h3-6,9-11,14,18,21H,7-8,12-13H2,1-2H3,(H,26,29)/t18-,21+/m1/s1. The summed E-state index contributed by atoms with van der Waals surface area (Å²) < 4.78 is 27.0. The molecule has 0 radical (unpaired) electrons. The third kappa shape index (κ3) is 4.96. The Labute approximate surface area is 169 Å². The fourth-order valence-corrected chi connectivity index (χ4v) is 3.78. The van der Waals surface area contributed by atoms with Crippen molar-refractivity contribution in [3.8, 4) is 0 Å². The molecule has 0 unspecified atom stereocenters. The first-order valence-corrected chi connectivity index (χ1v) is 9.78. The van der Waals surface area contributed by atoms with Crippen LogP contribution in [0.15, 0.2) is 42.7 Å². The molecule has 1 fully saturated rings. The first-order valence-electron chi connectivity index (χ1n) is 9.78. The van der Waals surface area contributed by atoms with E-state index in [4.69, 9.17) is 0 Å². The molecule has 1 aromatic heterocycles. The van der Waals surface area contributed by atoms with Crippen molar-refractivity contribution in [3.63, 3.8) is 0 Å². The van der Waals surface area contributed by atoms with Gasteiger partial charge in [0, 0.05) is 43.5 Å². The monoisotopic (exact) mass is 401 g/mol. The normalized spacial score (nSPS) is 19.5. The molecular formula is C22H25F2N3O2. The van der Waals surface area contributed by atoms with Crippen molar-refractivity contribution in [2.24, 2.45) is 11.8 Å². The second-order valence-electron chi connectivity index (χ2n) is 7.77. The Kier molecular flexibility index (Phi) is 6.56. The van der Waals surface area contributed by atoms with Gasteiger partial charge >= 0.3 is 0 Å². The van der Waals surface area contributed by atoms with Gasteiger partial charge in [-0.3, -0.25) is 14.6 Å². The molecule has 1 aliphatic heterocycles. The summed E-state index contributed by atoms with van der Waals surface area (Å²) in [5, 5.41) is 2.76. The molecule has 154 valence electrons. The lowest BCUT2D eigenvalue weighted by Gasteiger charge is -2.41. The van der Waals surface area contributed by atoms with E-state index in [1.54, 1.807) is 23.4 Å². The molecule has 0 bridgehead atoms. The molecule has 2 atom stereocenters. The van der Waals surface area contributed by atoms with Gasteiger partial charge in [0.05, 0.1) is 12.0 Å². The topological polar surface area (TPSA) is 62.3 Å². The Morgan fingerprint density at radius 1 is 1.31 bits per heavy atom. The highest BCUT2D eigenvalue weighted by molar-refractivity contribution is 5.85. The highest BCUT2D eigenvalue weighted by Gasteiger charge is 2.40. The zero-order chi connectivity index (χ0) is 21.0. The first kappa shape index (κ1) is 20.9. The van der Waals surface area contributed by atoms with Crippen molar-refractivity contribution in [1.29, 1.82) is 0 Å². The number of hydrogen-bond acceptors (Lipinski definition) is 3. The highest BCUT2D eigenvalue weighted by atomic mass is 19.1. The molecule has 7 heteroatoms. The average Bonchev–Trinajstić information content (AvgIpc) is 2.69. The van der Waals surface area contributed by atoms with Gasteiger partial charge in [0.1, 0.15) is 11.6 Å². The molecule has 0 saturated carbocycles. The maximum absolute atomic E-state index is 13.9. The van der Waals surface area contributed by atoms with Gasteiger partial charge in [0.2, 0.25) is 11.8 Å². The van der Waals surface area contributed by atoms with E-state index in [0.717, 1.165) is 17.7 Å². The van der Waals surface area contributed by atoms with Crippen molar-refractivity contribution in [2.45, 2.75) is 39.3 Å². The molecule has 0 aliphatic carbocycles. The summed E-state index contributed by atoms with van der Waals surface area (Å²) in [6, 6.07) is 6.49. The lowest BCUT2D eigenvalue weighted by Crippen LogP contribution is -2.49. The van der Waals surface area contributed by atoms with Gasteiger partial charge in [0.15, 0.2) is 0 Å². The van der Waals surface area contributed by atoms with Crippen LogP contribution in [-0.2, 0) is 16.1 Å². The maximum Gasteiger partial charge on any atom is 0.225 e. The number of rotatable bonds is 6. The van der Waals surface area contributed by atoms with Crippen LogP contribution < -0.4 is 5.32 Å². The van der Waals surface area contributed by atoms with Gasteiger partial charge in [-0.05, 0) is 30.0 Å². The minimum Gasteiger partial charge on any atom is -0.352 e. The summed E-state index contributed by atoms with van der Waals surface area (Å²) in [6.45, 7) is 4.54. The largest absolute Gasteiger partial charge is 0.352 e. The van der Waals surface area contributed by atoms with Crippen LogP contribution >= 0.6 is 0 Å². The Hall–Kier alpha value is -2.83. The number of piperidine rings is 1. The van der Waals surface area contributed by atoms with Gasteiger partial charge in [-0.2, -0.15) is 0 Å². The third-order valence-corrected chi connectivity index (χ3v) is 5.10. The minimum absolute atomic E-state index is 0.0150. The molecule has 1 aliphatic rings. The van der Waals surface area contributed by atoms with E-state index >= 15 is 0 Å². The van der Waals surface area contributed by atoms with Crippen molar-refractivity contribution in [3.05, 3.63) is 65.5 Å². The second kappa shape index (κ2) is 9.11. The number of halogens is 2. The molecule has 1 N–H and O–H groups in total. The zero-order valence-corrected chi connectivity index (χ0v) is 16.6. The molecule has 2 aromatic rings. The predicted octanol–water partition coefficient (Wildman–Crippen LogP) is 3.61. The van der Waals surface area contributed by atoms with Crippen LogP contribution in [0.2, 0.25) is 0 Å². The number of likely N-dealkylation sites (tertiary alicyclic amines) is 1. The number of nitrogens with one attached hydrogen (secondary N) is 1. The average molecular weight is 401 g/mol. The zero-order valence-electron chi connectivity index (χ0n) is 16.6. The summed E-state index contributed by atoms with van der Waals surface area (Å²) in [4.78, 5) is 31.5. The first-order chi connectivity index (χ1) is 13.9. The summed E-state index contributed by atoms with van der Waals surface area (Å²) >= 11 is 0. The maximum atomic E-state index is 13.9. The molecule has 2 heterocycles. The van der Waals surface area contributed by atoms with Crippen molar-refractivity contribution < 1.29 is 18.4 Å². The number of carbonyl (C=O) groups is 2. The molecule has 3 rings (SSSR count). The molecular weight excluding hydrogens is 376 g/mol. The number of carbonyl (C=O) groups excluding carboxylic acids is 2. The Balaban J connectivity index is 1.82. The number of nitrogens with zero attached hydrogens (tertiary/aromatic N) is 2. The van der Waals surface area contributed by atoms with Gasteiger partial charge in [-0.1, -0.05) is 26.0 Å². The lowest BCUT2D eigenvalue weighted by atomic mass is 9.83. The van der Waals surface area contributed by atoms with Gasteiger partial charge < -0.3 is 10.2 Å². The number of aromatic nitrogens is 1. The molecule has 0 spiro atoms. The quantitative estimate of drug-likeness (QED) is 0.804. The van der Waals surface area contributed by atoms with E-state index in [1.165, 1.54) is 6.07 Å². The lowest BCUT2D eigenvalue weighted by molar-refractivity contribution is -0.144. The van der Waals surface area contributed by atoms with E-state index in [-0.39, 0.29) is 36.3 Å². The fraction of sp³-hybridized carbons (Fsp3) is 0.409. The Morgan fingerprint density at radius 2 is 2.10 bits per heavy atom. The smallest absolute Gasteiger partial charge is 0.225 e. The van der Waals surface area contributed by atoms with Gasteiger partial charge in [-0.25, -0.2) is 8.78 Å². The molecule has 1 saturated heterocycles.